The van der Waals surface area contributed by atoms with Gasteiger partial charge in [0.2, 0.25) is 5.91 Å². The first kappa shape index (κ1) is 22.1. The van der Waals surface area contributed by atoms with Crippen LogP contribution in [0.15, 0.2) is 72.1 Å². The number of hydrogen-bond acceptors (Lipinski definition) is 4. The molecule has 0 bridgehead atoms. The van der Waals surface area contributed by atoms with Crippen molar-refractivity contribution in [2.45, 2.75) is 32.2 Å². The first-order valence-electron chi connectivity index (χ1n) is 11.1. The van der Waals surface area contributed by atoms with Crippen LogP contribution in [-0.4, -0.2) is 30.9 Å². The van der Waals surface area contributed by atoms with E-state index < -0.39 is 6.04 Å². The maximum atomic E-state index is 13.1. The summed E-state index contributed by atoms with van der Waals surface area (Å²) in [4.78, 5) is 28.7. The van der Waals surface area contributed by atoms with E-state index in [1.54, 1.807) is 6.07 Å². The van der Waals surface area contributed by atoms with Gasteiger partial charge in [0.05, 0.1) is 4.88 Å². The molecule has 1 atom stereocenters. The second-order valence-corrected chi connectivity index (χ2v) is 9.35. The maximum Gasteiger partial charge on any atom is 0.262 e. The Morgan fingerprint density at radius 1 is 1.00 bits per heavy atom. The van der Waals surface area contributed by atoms with Crippen molar-refractivity contribution in [3.05, 3.63) is 82.6 Å². The Balaban J connectivity index is 1.43. The van der Waals surface area contributed by atoms with Gasteiger partial charge in [-0.1, -0.05) is 43.3 Å². The molecule has 5 nitrogen and oxygen atoms in total. The van der Waals surface area contributed by atoms with E-state index in [-0.39, 0.29) is 11.8 Å². The van der Waals surface area contributed by atoms with Gasteiger partial charge in [0.25, 0.3) is 5.91 Å². The van der Waals surface area contributed by atoms with Crippen LogP contribution in [0.25, 0.3) is 0 Å². The maximum absolute atomic E-state index is 13.1. The third-order valence-electron chi connectivity index (χ3n) is 5.93. The average molecular weight is 448 g/mol. The lowest BCUT2D eigenvalue weighted by Gasteiger charge is -2.32. The molecule has 6 heteroatoms. The number of anilines is 2. The molecular weight excluding hydrogens is 418 g/mol. The number of nitrogens with one attached hydrogen (secondary N) is 2. The smallest absolute Gasteiger partial charge is 0.262 e. The van der Waals surface area contributed by atoms with E-state index in [1.165, 1.54) is 29.9 Å². The normalized spacial score (nSPS) is 15.2. The summed E-state index contributed by atoms with van der Waals surface area (Å²) in [6.07, 6.45) is 2.85. The lowest BCUT2D eigenvalue weighted by Crippen LogP contribution is -2.45. The van der Waals surface area contributed by atoms with Crippen LogP contribution < -0.4 is 15.5 Å². The first-order chi connectivity index (χ1) is 15.6. The van der Waals surface area contributed by atoms with Gasteiger partial charge >= 0.3 is 0 Å². The number of amides is 2. The zero-order chi connectivity index (χ0) is 22.3. The molecule has 2 amide bonds. The highest BCUT2D eigenvalue weighted by Crippen LogP contribution is 2.24. The largest absolute Gasteiger partial charge is 0.372 e. The molecule has 3 aromatic rings. The van der Waals surface area contributed by atoms with Crippen molar-refractivity contribution in [2.24, 2.45) is 5.92 Å². The van der Waals surface area contributed by atoms with E-state index in [9.17, 15) is 9.59 Å². The van der Waals surface area contributed by atoms with Gasteiger partial charge in [-0.15, -0.1) is 11.3 Å². The Hall–Kier alpha value is -3.12. The number of piperidine rings is 1. The van der Waals surface area contributed by atoms with Crippen LogP contribution in [0.1, 0.15) is 35.0 Å². The van der Waals surface area contributed by atoms with Crippen molar-refractivity contribution in [3.8, 4) is 0 Å². The SMILES string of the molecule is CC1CCN(c2ccc(NC(=O)C(Cc3ccccc3)NC(=O)c3cccs3)cc2)CC1. The third-order valence-corrected chi connectivity index (χ3v) is 6.80. The van der Waals surface area contributed by atoms with E-state index >= 15 is 0 Å². The predicted molar refractivity (Wildman–Crippen MR) is 131 cm³/mol. The van der Waals surface area contributed by atoms with Crippen molar-refractivity contribution in [3.63, 3.8) is 0 Å². The molecule has 0 radical (unpaired) electrons. The number of benzene rings is 2. The summed E-state index contributed by atoms with van der Waals surface area (Å²) < 4.78 is 0. The highest BCUT2D eigenvalue weighted by Gasteiger charge is 2.23. The zero-order valence-electron chi connectivity index (χ0n) is 18.3. The Kier molecular flexibility index (Phi) is 7.22. The number of hydrogen-bond donors (Lipinski definition) is 2. The molecule has 2 N–H and O–H groups in total. The summed E-state index contributed by atoms with van der Waals surface area (Å²) in [6.45, 7) is 4.45. The van der Waals surface area contributed by atoms with Crippen LogP contribution >= 0.6 is 11.3 Å². The molecule has 1 saturated heterocycles. The molecule has 1 aliphatic rings. The predicted octanol–water partition coefficient (Wildman–Crippen LogP) is 4.96. The minimum absolute atomic E-state index is 0.224. The highest BCUT2D eigenvalue weighted by molar-refractivity contribution is 7.12. The average Bonchev–Trinajstić information content (AvgIpc) is 3.36. The highest BCUT2D eigenvalue weighted by atomic mass is 32.1. The molecule has 2 heterocycles. The van der Waals surface area contributed by atoms with Crippen LogP contribution in [0.3, 0.4) is 0 Å². The molecule has 1 aromatic heterocycles. The molecule has 2 aromatic carbocycles. The number of nitrogens with zero attached hydrogens (tertiary/aromatic N) is 1. The topological polar surface area (TPSA) is 61.4 Å². The van der Waals surface area contributed by atoms with Gasteiger partial charge < -0.3 is 15.5 Å². The quantitative estimate of drug-likeness (QED) is 0.538. The standard InChI is InChI=1S/C26H29N3O2S/c1-19-13-15-29(16-14-19)22-11-9-21(10-12-22)27-25(30)23(18-20-6-3-2-4-7-20)28-26(31)24-8-5-17-32-24/h2-12,17,19,23H,13-16,18H2,1H3,(H,27,30)(H,28,31). The molecule has 0 saturated carbocycles. The number of thiophene rings is 1. The van der Waals surface area contributed by atoms with Crippen molar-refractivity contribution in [1.29, 1.82) is 0 Å². The minimum Gasteiger partial charge on any atom is -0.372 e. The van der Waals surface area contributed by atoms with Crippen LogP contribution in [0, 0.1) is 5.92 Å². The molecule has 166 valence electrons. The van der Waals surface area contributed by atoms with Crippen molar-refractivity contribution in [2.75, 3.05) is 23.3 Å². The van der Waals surface area contributed by atoms with E-state index in [4.69, 9.17) is 0 Å². The van der Waals surface area contributed by atoms with Gasteiger partial charge in [0.1, 0.15) is 6.04 Å². The fraction of sp³-hybridized carbons (Fsp3) is 0.308. The van der Waals surface area contributed by atoms with Crippen molar-refractivity contribution >= 4 is 34.5 Å². The van der Waals surface area contributed by atoms with Crippen molar-refractivity contribution < 1.29 is 9.59 Å². The molecule has 1 fully saturated rings. The molecule has 0 spiro atoms. The van der Waals surface area contributed by atoms with Gasteiger partial charge in [-0.25, -0.2) is 0 Å². The summed E-state index contributed by atoms with van der Waals surface area (Å²) in [5, 5.41) is 7.74. The third kappa shape index (κ3) is 5.77. The Morgan fingerprint density at radius 3 is 2.38 bits per heavy atom. The van der Waals surface area contributed by atoms with E-state index in [1.807, 2.05) is 53.9 Å². The summed E-state index contributed by atoms with van der Waals surface area (Å²) in [5.74, 6) is 0.333. The van der Waals surface area contributed by atoms with Gasteiger partial charge in [-0.2, -0.15) is 0 Å². The number of carbonyl (C=O) groups excluding carboxylic acids is 2. The first-order valence-corrected chi connectivity index (χ1v) is 12.0. The van der Waals surface area contributed by atoms with Crippen LogP contribution in [0.4, 0.5) is 11.4 Å². The Labute approximate surface area is 193 Å². The van der Waals surface area contributed by atoms with E-state index in [0.29, 0.717) is 11.3 Å². The number of carbonyl (C=O) groups is 2. The second-order valence-electron chi connectivity index (χ2n) is 8.40. The number of rotatable bonds is 7. The lowest BCUT2D eigenvalue weighted by molar-refractivity contribution is -0.118. The molecule has 1 aliphatic heterocycles. The monoisotopic (exact) mass is 447 g/mol. The molecule has 4 rings (SSSR count). The summed E-state index contributed by atoms with van der Waals surface area (Å²) in [7, 11) is 0. The fourth-order valence-corrected chi connectivity index (χ4v) is 4.57. The van der Waals surface area contributed by atoms with Crippen molar-refractivity contribution in [1.82, 2.24) is 5.32 Å². The Bertz CT molecular complexity index is 1010. The molecular formula is C26H29N3O2S. The van der Waals surface area contributed by atoms with E-state index in [2.05, 4.69) is 34.6 Å². The van der Waals surface area contributed by atoms with Crippen LogP contribution in [0.2, 0.25) is 0 Å². The zero-order valence-corrected chi connectivity index (χ0v) is 19.1. The van der Waals surface area contributed by atoms with Gasteiger partial charge in [-0.3, -0.25) is 9.59 Å². The summed E-state index contributed by atoms with van der Waals surface area (Å²) in [6, 6.07) is 20.6. The molecule has 0 aliphatic carbocycles. The minimum atomic E-state index is -0.671. The summed E-state index contributed by atoms with van der Waals surface area (Å²) >= 11 is 1.36. The van der Waals surface area contributed by atoms with Gasteiger partial charge in [0.15, 0.2) is 0 Å². The lowest BCUT2D eigenvalue weighted by atomic mass is 9.99. The molecule has 1 unspecified atom stereocenters. The summed E-state index contributed by atoms with van der Waals surface area (Å²) in [5.41, 5.74) is 2.91. The van der Waals surface area contributed by atoms with Gasteiger partial charge in [-0.05, 0) is 60.0 Å². The Morgan fingerprint density at radius 2 is 1.72 bits per heavy atom. The van der Waals surface area contributed by atoms with Crippen LogP contribution in [-0.2, 0) is 11.2 Å². The molecule has 32 heavy (non-hydrogen) atoms. The van der Waals surface area contributed by atoms with E-state index in [0.717, 1.165) is 30.3 Å². The van der Waals surface area contributed by atoms with Gasteiger partial charge in [0, 0.05) is 30.9 Å². The fourth-order valence-electron chi connectivity index (χ4n) is 3.95. The van der Waals surface area contributed by atoms with Crippen LogP contribution in [0.5, 0.6) is 0 Å². The second kappa shape index (κ2) is 10.5.